The van der Waals surface area contributed by atoms with Crippen LogP contribution in [0.3, 0.4) is 0 Å². The SMILES string of the molecule is COc1cc(NC(=O)c2ccc(Oc3nccnc3Sc3ccc(Cl)cc3)cc2)cc(OC)c1. The molecule has 4 rings (SSSR count). The Hall–Kier alpha value is -3.75. The molecule has 0 aliphatic heterocycles. The number of rotatable bonds is 8. The number of aromatic nitrogens is 2. The second kappa shape index (κ2) is 10.9. The molecule has 1 amide bonds. The summed E-state index contributed by atoms with van der Waals surface area (Å²) < 4.78 is 16.4. The highest BCUT2D eigenvalue weighted by Crippen LogP contribution is 2.34. The summed E-state index contributed by atoms with van der Waals surface area (Å²) in [6, 6.07) is 19.3. The first-order valence-corrected chi connectivity index (χ1v) is 11.3. The zero-order valence-electron chi connectivity index (χ0n) is 18.3. The number of halogens is 1. The van der Waals surface area contributed by atoms with E-state index in [4.69, 9.17) is 25.8 Å². The van der Waals surface area contributed by atoms with Crippen LogP contribution in [0.1, 0.15) is 10.4 Å². The Bertz CT molecular complexity index is 1260. The van der Waals surface area contributed by atoms with Crippen LogP contribution in [0.2, 0.25) is 5.02 Å². The maximum absolute atomic E-state index is 12.7. The molecular weight excluding hydrogens is 474 g/mol. The van der Waals surface area contributed by atoms with Crippen LogP contribution in [0.4, 0.5) is 5.69 Å². The number of amides is 1. The van der Waals surface area contributed by atoms with Gasteiger partial charge >= 0.3 is 0 Å². The molecule has 4 aromatic rings. The van der Waals surface area contributed by atoms with E-state index in [-0.39, 0.29) is 5.91 Å². The first-order chi connectivity index (χ1) is 16.5. The third-order valence-corrected chi connectivity index (χ3v) is 5.83. The fourth-order valence-electron chi connectivity index (χ4n) is 2.94. The molecule has 0 saturated heterocycles. The third-order valence-electron chi connectivity index (χ3n) is 4.60. The second-order valence-corrected chi connectivity index (χ2v) is 8.40. The molecule has 0 aliphatic carbocycles. The van der Waals surface area contributed by atoms with E-state index in [1.54, 1.807) is 69.1 Å². The van der Waals surface area contributed by atoms with Gasteiger partial charge in [0.2, 0.25) is 0 Å². The molecule has 1 heterocycles. The summed E-state index contributed by atoms with van der Waals surface area (Å²) >= 11 is 7.37. The highest BCUT2D eigenvalue weighted by Gasteiger charge is 2.12. The first kappa shape index (κ1) is 23.4. The van der Waals surface area contributed by atoms with E-state index in [1.807, 2.05) is 24.3 Å². The predicted molar refractivity (Wildman–Crippen MR) is 132 cm³/mol. The Morgan fingerprint density at radius 3 is 2.15 bits per heavy atom. The van der Waals surface area contributed by atoms with Gasteiger partial charge in [-0.3, -0.25) is 4.79 Å². The number of carbonyl (C=O) groups is 1. The molecular formula is C25H20ClN3O4S. The zero-order valence-corrected chi connectivity index (χ0v) is 19.9. The van der Waals surface area contributed by atoms with Gasteiger partial charge in [0.15, 0.2) is 5.03 Å². The van der Waals surface area contributed by atoms with E-state index < -0.39 is 0 Å². The molecule has 0 unspecified atom stereocenters. The molecule has 34 heavy (non-hydrogen) atoms. The lowest BCUT2D eigenvalue weighted by molar-refractivity contribution is 0.102. The molecule has 0 saturated carbocycles. The van der Waals surface area contributed by atoms with Gasteiger partial charge in [-0.1, -0.05) is 23.4 Å². The van der Waals surface area contributed by atoms with Crippen LogP contribution < -0.4 is 19.5 Å². The largest absolute Gasteiger partial charge is 0.497 e. The molecule has 9 heteroatoms. The van der Waals surface area contributed by atoms with E-state index in [9.17, 15) is 4.79 Å². The number of nitrogens with one attached hydrogen (secondary N) is 1. The van der Waals surface area contributed by atoms with Crippen LogP contribution in [0, 0.1) is 0 Å². The number of carbonyl (C=O) groups excluding carboxylic acids is 1. The number of benzene rings is 3. The number of ether oxygens (including phenoxy) is 3. The van der Waals surface area contributed by atoms with Gasteiger partial charge in [0, 0.05) is 51.8 Å². The summed E-state index contributed by atoms with van der Waals surface area (Å²) in [7, 11) is 3.10. The Morgan fingerprint density at radius 1 is 0.853 bits per heavy atom. The summed E-state index contributed by atoms with van der Waals surface area (Å²) in [6.45, 7) is 0. The minimum absolute atomic E-state index is 0.277. The van der Waals surface area contributed by atoms with Crippen LogP contribution in [0.25, 0.3) is 0 Å². The van der Waals surface area contributed by atoms with E-state index in [0.717, 1.165) is 4.90 Å². The van der Waals surface area contributed by atoms with Crippen LogP contribution in [0.15, 0.2) is 89.0 Å². The summed E-state index contributed by atoms with van der Waals surface area (Å²) in [5, 5.41) is 4.11. The highest BCUT2D eigenvalue weighted by atomic mass is 35.5. The highest BCUT2D eigenvalue weighted by molar-refractivity contribution is 7.99. The minimum Gasteiger partial charge on any atom is -0.497 e. The van der Waals surface area contributed by atoms with Crippen LogP contribution in [-0.2, 0) is 0 Å². The monoisotopic (exact) mass is 493 g/mol. The second-order valence-electron chi connectivity index (χ2n) is 6.90. The Kier molecular flexibility index (Phi) is 7.51. The van der Waals surface area contributed by atoms with Gasteiger partial charge in [-0.15, -0.1) is 0 Å². The average Bonchev–Trinajstić information content (AvgIpc) is 2.86. The van der Waals surface area contributed by atoms with Crippen molar-refractivity contribution in [1.82, 2.24) is 9.97 Å². The molecule has 0 spiro atoms. The predicted octanol–water partition coefficient (Wildman–Crippen LogP) is 6.34. The van der Waals surface area contributed by atoms with Crippen LogP contribution in [-0.4, -0.2) is 30.1 Å². The van der Waals surface area contributed by atoms with E-state index in [2.05, 4.69) is 15.3 Å². The van der Waals surface area contributed by atoms with Gasteiger partial charge in [0.1, 0.15) is 17.2 Å². The molecule has 0 atom stereocenters. The van der Waals surface area contributed by atoms with Gasteiger partial charge in [-0.25, -0.2) is 9.97 Å². The Balaban J connectivity index is 1.45. The standard InChI is InChI=1S/C25H20ClN3O4S/c1-31-20-13-18(14-21(15-20)32-2)29-23(30)16-3-7-19(8-4-16)33-24-25(28-12-11-27-24)34-22-9-5-17(26)6-10-22/h3-15H,1-2H3,(H,29,30). The Labute approximate surface area is 206 Å². The zero-order chi connectivity index (χ0) is 23.9. The topological polar surface area (TPSA) is 82.6 Å². The molecule has 172 valence electrons. The fourth-order valence-corrected chi connectivity index (χ4v) is 3.85. The van der Waals surface area contributed by atoms with Gasteiger partial charge < -0.3 is 19.5 Å². The lowest BCUT2D eigenvalue weighted by Gasteiger charge is -2.11. The maximum atomic E-state index is 12.7. The quantitative estimate of drug-likeness (QED) is 0.306. The van der Waals surface area contributed by atoms with E-state index in [1.165, 1.54) is 11.8 Å². The number of hydrogen-bond donors (Lipinski definition) is 1. The molecule has 7 nitrogen and oxygen atoms in total. The van der Waals surface area contributed by atoms with Gasteiger partial charge in [-0.05, 0) is 48.5 Å². The summed E-state index contributed by atoms with van der Waals surface area (Å²) in [6.07, 6.45) is 3.16. The molecule has 0 aliphatic rings. The van der Waals surface area contributed by atoms with Crippen LogP contribution in [0.5, 0.6) is 23.1 Å². The summed E-state index contributed by atoms with van der Waals surface area (Å²) in [4.78, 5) is 22.3. The molecule has 0 bridgehead atoms. The van der Waals surface area contributed by atoms with Crippen molar-refractivity contribution in [3.05, 3.63) is 89.7 Å². The molecule has 0 fully saturated rings. The smallest absolute Gasteiger partial charge is 0.255 e. The van der Waals surface area contributed by atoms with Crippen molar-refractivity contribution in [3.63, 3.8) is 0 Å². The van der Waals surface area contributed by atoms with Gasteiger partial charge in [0.05, 0.1) is 14.2 Å². The first-order valence-electron chi connectivity index (χ1n) is 10.1. The van der Waals surface area contributed by atoms with Crippen molar-refractivity contribution in [2.24, 2.45) is 0 Å². The lowest BCUT2D eigenvalue weighted by Crippen LogP contribution is -2.12. The van der Waals surface area contributed by atoms with E-state index >= 15 is 0 Å². The number of methoxy groups -OCH3 is 2. The molecule has 3 aromatic carbocycles. The minimum atomic E-state index is -0.277. The summed E-state index contributed by atoms with van der Waals surface area (Å²) in [5.74, 6) is 1.77. The van der Waals surface area contributed by atoms with Crippen molar-refractivity contribution in [2.45, 2.75) is 9.92 Å². The third kappa shape index (κ3) is 5.98. The van der Waals surface area contributed by atoms with Crippen molar-refractivity contribution < 1.29 is 19.0 Å². The lowest BCUT2D eigenvalue weighted by atomic mass is 10.2. The number of nitrogens with zero attached hydrogens (tertiary/aromatic N) is 2. The number of anilines is 1. The normalized spacial score (nSPS) is 10.4. The maximum Gasteiger partial charge on any atom is 0.255 e. The fraction of sp³-hybridized carbons (Fsp3) is 0.0800. The Morgan fingerprint density at radius 2 is 1.50 bits per heavy atom. The van der Waals surface area contributed by atoms with Crippen molar-refractivity contribution >= 4 is 35.0 Å². The van der Waals surface area contributed by atoms with Crippen molar-refractivity contribution in [2.75, 3.05) is 19.5 Å². The number of hydrogen-bond acceptors (Lipinski definition) is 7. The van der Waals surface area contributed by atoms with Crippen molar-refractivity contribution in [3.8, 4) is 23.1 Å². The molecule has 1 aromatic heterocycles. The van der Waals surface area contributed by atoms with E-state index in [0.29, 0.717) is 44.4 Å². The molecule has 0 radical (unpaired) electrons. The van der Waals surface area contributed by atoms with Crippen molar-refractivity contribution in [1.29, 1.82) is 0 Å². The van der Waals surface area contributed by atoms with Gasteiger partial charge in [-0.2, -0.15) is 0 Å². The molecule has 1 N–H and O–H groups in total. The summed E-state index contributed by atoms with van der Waals surface area (Å²) in [5.41, 5.74) is 1.02. The van der Waals surface area contributed by atoms with Gasteiger partial charge in [0.25, 0.3) is 11.8 Å². The van der Waals surface area contributed by atoms with Crippen LogP contribution >= 0.6 is 23.4 Å². The average molecular weight is 494 g/mol.